The number of aliphatic hydroxyl groups is 1. The number of nitrogens with one attached hydrogen (secondary N) is 2. The molecule has 6 rings (SSSR count). The third kappa shape index (κ3) is 8.73. The van der Waals surface area contributed by atoms with E-state index in [9.17, 15) is 34.2 Å². The van der Waals surface area contributed by atoms with Gasteiger partial charge < -0.3 is 40.3 Å². The molecule has 8 N–H and O–H groups in total. The molecule has 59 heavy (non-hydrogen) atoms. The number of aryl methyl sites for hydroxylation is 3. The summed E-state index contributed by atoms with van der Waals surface area (Å²) in [5.41, 5.74) is 14.2. The minimum absolute atomic E-state index is 0.00789. The van der Waals surface area contributed by atoms with Crippen molar-refractivity contribution in [1.29, 1.82) is 0 Å². The van der Waals surface area contributed by atoms with Crippen LogP contribution in [0.2, 0.25) is 0 Å². The van der Waals surface area contributed by atoms with Crippen molar-refractivity contribution < 1.29 is 43.7 Å². The highest BCUT2D eigenvalue weighted by Crippen LogP contribution is 2.33. The van der Waals surface area contributed by atoms with E-state index in [0.717, 1.165) is 4.68 Å². The van der Waals surface area contributed by atoms with Gasteiger partial charge in [-0.3, -0.25) is 39.3 Å². The second-order valence-electron chi connectivity index (χ2n) is 13.2. The average Bonchev–Trinajstić information content (AvgIpc) is 3.94. The van der Waals surface area contributed by atoms with Crippen LogP contribution < -0.4 is 31.6 Å². The molecule has 0 saturated carbocycles. The molecule has 4 heterocycles. The standard InChI is InChI=1S/C38H42N12O9/c1-5-49-26(13-20(2)45-49)35(56)43-37-41-24-15-22(33(39)54)17-28(58-4)31(24)47(37)9-6-7-10-48-32-25(16-23(34(40)55)18-29(32)59-12-8-11-51)42-38(48)44-36(57)27-14-21(3)46-50(27)19-30(52)53/h6-7,13-18,51H,5,8-12,19H2,1-4H3,(H2,39,54)(H2,40,55)(H,52,53)(H,41,43,56)(H,42,44,57). The Kier molecular flexibility index (Phi) is 12.0. The first-order valence-electron chi connectivity index (χ1n) is 18.3. The second-order valence-corrected chi connectivity index (χ2v) is 13.2. The SMILES string of the molecule is CCn1nc(C)cc1C(=O)Nc1nc2cc(C(N)=O)cc(OC)c2n1CC=CCn1c(NC(=O)c2cc(C)nn2CC(=O)O)nc2cc(C(N)=O)cc(OCCCO)c21. The van der Waals surface area contributed by atoms with Crippen LogP contribution in [0, 0.1) is 13.8 Å². The lowest BCUT2D eigenvalue weighted by Gasteiger charge is -2.13. The zero-order valence-electron chi connectivity index (χ0n) is 32.6. The van der Waals surface area contributed by atoms with Gasteiger partial charge in [-0.1, -0.05) is 12.2 Å². The Hall–Kier alpha value is -7.55. The van der Waals surface area contributed by atoms with Crippen LogP contribution in [0.4, 0.5) is 11.9 Å². The first kappa shape index (κ1) is 41.1. The number of nitrogens with zero attached hydrogens (tertiary/aromatic N) is 8. The number of nitrogens with two attached hydrogens (primary N) is 2. The van der Waals surface area contributed by atoms with E-state index in [1.165, 1.54) is 37.4 Å². The van der Waals surface area contributed by atoms with E-state index in [1.807, 2.05) is 6.92 Å². The average molecular weight is 811 g/mol. The number of ether oxygens (including phenoxy) is 2. The van der Waals surface area contributed by atoms with Crippen molar-refractivity contribution >= 4 is 63.6 Å². The van der Waals surface area contributed by atoms with Crippen LogP contribution in [0.25, 0.3) is 22.1 Å². The number of carboxylic acids is 1. The van der Waals surface area contributed by atoms with Crippen molar-refractivity contribution in [3.8, 4) is 11.5 Å². The van der Waals surface area contributed by atoms with Crippen LogP contribution >= 0.6 is 0 Å². The van der Waals surface area contributed by atoms with Gasteiger partial charge in [0.1, 0.15) is 40.5 Å². The zero-order valence-corrected chi connectivity index (χ0v) is 32.6. The maximum atomic E-state index is 13.7. The summed E-state index contributed by atoms with van der Waals surface area (Å²) in [6.07, 6.45) is 3.77. The summed E-state index contributed by atoms with van der Waals surface area (Å²) in [5, 5.41) is 32.9. The third-order valence-corrected chi connectivity index (χ3v) is 9.01. The summed E-state index contributed by atoms with van der Waals surface area (Å²) in [6.45, 7) is 5.17. The number of benzene rings is 2. The number of hydrogen-bond donors (Lipinski definition) is 6. The van der Waals surface area contributed by atoms with Crippen molar-refractivity contribution in [3.05, 3.63) is 82.5 Å². The molecule has 0 aliphatic rings. The molecule has 0 radical (unpaired) electrons. The molecule has 308 valence electrons. The molecular formula is C38H42N12O9. The van der Waals surface area contributed by atoms with E-state index in [2.05, 4.69) is 30.8 Å². The van der Waals surface area contributed by atoms with Gasteiger partial charge in [-0.15, -0.1) is 0 Å². The second kappa shape index (κ2) is 17.3. The van der Waals surface area contributed by atoms with Crippen LogP contribution in [0.1, 0.15) is 66.4 Å². The van der Waals surface area contributed by atoms with Crippen LogP contribution in [0.15, 0.2) is 48.6 Å². The molecule has 21 heteroatoms. The number of aliphatic hydroxyl groups excluding tert-OH is 1. The molecule has 0 bridgehead atoms. The molecule has 6 aromatic rings. The number of methoxy groups -OCH3 is 1. The van der Waals surface area contributed by atoms with Gasteiger partial charge in [0.15, 0.2) is 0 Å². The van der Waals surface area contributed by atoms with Gasteiger partial charge in [-0.2, -0.15) is 10.2 Å². The van der Waals surface area contributed by atoms with Crippen LogP contribution in [-0.2, 0) is 31.0 Å². The van der Waals surface area contributed by atoms with Crippen molar-refractivity contribution in [2.24, 2.45) is 11.5 Å². The topological polar surface area (TPSA) is 292 Å². The first-order valence-corrected chi connectivity index (χ1v) is 18.3. The quantitative estimate of drug-likeness (QED) is 0.0537. The van der Waals surface area contributed by atoms with E-state index in [1.54, 1.807) is 45.9 Å². The highest BCUT2D eigenvalue weighted by Gasteiger charge is 2.24. The van der Waals surface area contributed by atoms with E-state index in [4.69, 9.17) is 20.9 Å². The number of aliphatic carboxylic acids is 1. The fourth-order valence-corrected chi connectivity index (χ4v) is 6.44. The Labute approximate surface area is 335 Å². The molecule has 21 nitrogen and oxygen atoms in total. The minimum atomic E-state index is -1.20. The molecule has 0 aliphatic carbocycles. The smallest absolute Gasteiger partial charge is 0.325 e. The number of aromatic nitrogens is 8. The molecule has 0 aliphatic heterocycles. The molecule has 0 fully saturated rings. The summed E-state index contributed by atoms with van der Waals surface area (Å²) in [5.74, 6) is -3.25. The Balaban J connectivity index is 1.41. The highest BCUT2D eigenvalue weighted by atomic mass is 16.5. The number of carbonyl (C=O) groups is 5. The maximum Gasteiger partial charge on any atom is 0.325 e. The maximum absolute atomic E-state index is 13.7. The lowest BCUT2D eigenvalue weighted by Crippen LogP contribution is -2.22. The lowest BCUT2D eigenvalue weighted by molar-refractivity contribution is -0.137. The van der Waals surface area contributed by atoms with Crippen molar-refractivity contribution in [3.63, 3.8) is 0 Å². The van der Waals surface area contributed by atoms with E-state index in [-0.39, 0.29) is 78.5 Å². The number of carboxylic acid groups (broad SMARTS) is 1. The normalized spacial score (nSPS) is 11.4. The number of carbonyl (C=O) groups excluding carboxylic acids is 4. The van der Waals surface area contributed by atoms with Gasteiger partial charge in [0.2, 0.25) is 23.7 Å². The summed E-state index contributed by atoms with van der Waals surface area (Å²) in [6, 6.07) is 8.93. The first-order chi connectivity index (χ1) is 28.2. The molecule has 4 amide bonds. The van der Waals surface area contributed by atoms with Gasteiger partial charge in [0.05, 0.1) is 36.1 Å². The lowest BCUT2D eigenvalue weighted by atomic mass is 10.1. The van der Waals surface area contributed by atoms with Crippen LogP contribution in [0.3, 0.4) is 0 Å². The highest BCUT2D eigenvalue weighted by molar-refractivity contribution is 6.05. The number of primary amides is 2. The molecular weight excluding hydrogens is 768 g/mol. The van der Waals surface area contributed by atoms with Gasteiger partial charge in [0, 0.05) is 43.8 Å². The van der Waals surface area contributed by atoms with Gasteiger partial charge in [-0.25, -0.2) is 14.6 Å². The number of fused-ring (bicyclic) bond motifs is 2. The summed E-state index contributed by atoms with van der Waals surface area (Å²) < 4.78 is 17.5. The molecule has 4 aromatic heterocycles. The molecule has 0 saturated heterocycles. The fraction of sp³-hybridized carbons (Fsp3) is 0.289. The van der Waals surface area contributed by atoms with E-state index in [0.29, 0.717) is 40.2 Å². The van der Waals surface area contributed by atoms with Crippen molar-refractivity contribution in [2.45, 2.75) is 53.4 Å². The Morgan fingerprint density at radius 2 is 1.25 bits per heavy atom. The fourth-order valence-electron chi connectivity index (χ4n) is 6.44. The van der Waals surface area contributed by atoms with Gasteiger partial charge >= 0.3 is 5.97 Å². The molecule has 0 spiro atoms. The Morgan fingerprint density at radius 1 is 0.763 bits per heavy atom. The molecule has 0 unspecified atom stereocenters. The number of anilines is 2. The summed E-state index contributed by atoms with van der Waals surface area (Å²) >= 11 is 0. The van der Waals surface area contributed by atoms with Gasteiger partial charge in [-0.05, 0) is 57.2 Å². The zero-order chi connectivity index (χ0) is 42.5. The third-order valence-electron chi connectivity index (χ3n) is 9.01. The number of rotatable bonds is 18. The molecule has 2 aromatic carbocycles. The van der Waals surface area contributed by atoms with E-state index < -0.39 is 36.1 Å². The number of allylic oxidation sites excluding steroid dienone is 2. The van der Waals surface area contributed by atoms with Crippen LogP contribution in [-0.4, -0.2) is 98.8 Å². The van der Waals surface area contributed by atoms with Crippen molar-refractivity contribution in [1.82, 2.24) is 38.7 Å². The number of hydrogen-bond acceptors (Lipinski definition) is 12. The largest absolute Gasteiger partial charge is 0.494 e. The van der Waals surface area contributed by atoms with Gasteiger partial charge in [0.25, 0.3) is 11.8 Å². The predicted octanol–water partition coefficient (Wildman–Crippen LogP) is 2.23. The monoisotopic (exact) mass is 810 g/mol. The minimum Gasteiger partial charge on any atom is -0.494 e. The number of imidazole rings is 2. The summed E-state index contributed by atoms with van der Waals surface area (Å²) in [4.78, 5) is 72.5. The van der Waals surface area contributed by atoms with Crippen molar-refractivity contribution in [2.75, 3.05) is 31.0 Å². The summed E-state index contributed by atoms with van der Waals surface area (Å²) in [7, 11) is 1.42. The molecule has 0 atom stereocenters. The van der Waals surface area contributed by atoms with Crippen LogP contribution in [0.5, 0.6) is 11.5 Å². The Morgan fingerprint density at radius 3 is 1.73 bits per heavy atom. The number of amides is 4. The van der Waals surface area contributed by atoms with E-state index >= 15 is 0 Å². The Bertz CT molecular complexity index is 2650. The predicted molar refractivity (Wildman–Crippen MR) is 213 cm³/mol.